The van der Waals surface area contributed by atoms with Crippen LogP contribution in [0.3, 0.4) is 0 Å². The van der Waals surface area contributed by atoms with Gasteiger partial charge in [-0.05, 0) is 44.6 Å². The van der Waals surface area contributed by atoms with E-state index in [4.69, 9.17) is 11.6 Å². The number of likely N-dealkylation sites (tertiary alicyclic amines) is 1. The summed E-state index contributed by atoms with van der Waals surface area (Å²) in [5.41, 5.74) is 1.13. The van der Waals surface area contributed by atoms with Gasteiger partial charge in [0.2, 0.25) is 0 Å². The van der Waals surface area contributed by atoms with Crippen molar-refractivity contribution in [3.05, 3.63) is 22.8 Å². The molecule has 0 radical (unpaired) electrons. The van der Waals surface area contributed by atoms with Gasteiger partial charge in [-0.25, -0.2) is 4.98 Å². The van der Waals surface area contributed by atoms with Crippen molar-refractivity contribution >= 4 is 17.4 Å². The van der Waals surface area contributed by atoms with E-state index in [1.807, 2.05) is 12.3 Å². The van der Waals surface area contributed by atoms with E-state index < -0.39 is 0 Å². The van der Waals surface area contributed by atoms with Crippen molar-refractivity contribution in [2.75, 3.05) is 38.6 Å². The Morgan fingerprint density at radius 2 is 2.35 bits per heavy atom. The van der Waals surface area contributed by atoms with Gasteiger partial charge in [0, 0.05) is 32.4 Å². The molecule has 2 rings (SSSR count). The molecule has 112 valence electrons. The van der Waals surface area contributed by atoms with Crippen molar-refractivity contribution < 1.29 is 0 Å². The van der Waals surface area contributed by atoms with Crippen molar-refractivity contribution in [1.82, 2.24) is 15.2 Å². The lowest BCUT2D eigenvalue weighted by atomic mass is 10.2. The second-order valence-electron chi connectivity index (χ2n) is 5.59. The maximum atomic E-state index is 6.38. The maximum absolute atomic E-state index is 6.38. The van der Waals surface area contributed by atoms with Crippen LogP contribution in [0.15, 0.2) is 12.3 Å². The van der Waals surface area contributed by atoms with Gasteiger partial charge >= 0.3 is 0 Å². The molecule has 0 aromatic carbocycles. The Labute approximate surface area is 127 Å². The Balaban J connectivity index is 2.00. The largest absolute Gasteiger partial charge is 0.357 e. The number of likely N-dealkylation sites (N-methyl/N-ethyl adjacent to an activating group) is 2. The van der Waals surface area contributed by atoms with Gasteiger partial charge in [-0.2, -0.15) is 0 Å². The first-order valence-corrected chi connectivity index (χ1v) is 7.76. The molecular weight excluding hydrogens is 272 g/mol. The average Bonchev–Trinajstić information content (AvgIpc) is 2.82. The number of hydrogen-bond donors (Lipinski definition) is 1. The number of pyridine rings is 1. The predicted molar refractivity (Wildman–Crippen MR) is 85.5 cm³/mol. The van der Waals surface area contributed by atoms with Crippen LogP contribution in [0.1, 0.15) is 25.3 Å². The van der Waals surface area contributed by atoms with Gasteiger partial charge in [0.05, 0.1) is 5.02 Å². The summed E-state index contributed by atoms with van der Waals surface area (Å²) < 4.78 is 0. The highest BCUT2D eigenvalue weighted by Gasteiger charge is 2.23. The van der Waals surface area contributed by atoms with E-state index in [1.165, 1.54) is 19.4 Å². The molecule has 1 saturated heterocycles. The summed E-state index contributed by atoms with van der Waals surface area (Å²) in [6, 6.07) is 2.63. The quantitative estimate of drug-likeness (QED) is 0.873. The van der Waals surface area contributed by atoms with E-state index in [0.29, 0.717) is 6.04 Å². The first-order chi connectivity index (χ1) is 9.61. The highest BCUT2D eigenvalue weighted by atomic mass is 35.5. The number of halogens is 1. The second kappa shape index (κ2) is 7.25. The van der Waals surface area contributed by atoms with Crippen molar-refractivity contribution in [2.45, 2.75) is 32.4 Å². The zero-order valence-electron chi connectivity index (χ0n) is 12.7. The van der Waals surface area contributed by atoms with E-state index in [0.717, 1.165) is 36.0 Å². The number of hydrogen-bond acceptors (Lipinski definition) is 4. The zero-order valence-corrected chi connectivity index (χ0v) is 13.5. The van der Waals surface area contributed by atoms with Crippen molar-refractivity contribution in [1.29, 1.82) is 0 Å². The lowest BCUT2D eigenvalue weighted by Crippen LogP contribution is -2.37. The minimum atomic E-state index is 0.610. The van der Waals surface area contributed by atoms with Crippen LogP contribution < -0.4 is 10.2 Å². The van der Waals surface area contributed by atoms with Crippen molar-refractivity contribution in [2.24, 2.45) is 0 Å². The normalized spacial score (nSPS) is 19.5. The van der Waals surface area contributed by atoms with Crippen LogP contribution in [0.4, 0.5) is 5.82 Å². The number of nitrogens with zero attached hydrogens (tertiary/aromatic N) is 3. The van der Waals surface area contributed by atoms with Gasteiger partial charge in [-0.15, -0.1) is 0 Å². The molecule has 20 heavy (non-hydrogen) atoms. The molecule has 1 aromatic rings. The molecule has 0 bridgehead atoms. The van der Waals surface area contributed by atoms with Crippen LogP contribution in [0.25, 0.3) is 0 Å². The smallest absolute Gasteiger partial charge is 0.147 e. The third kappa shape index (κ3) is 3.84. The summed E-state index contributed by atoms with van der Waals surface area (Å²) in [5, 5.41) is 4.03. The molecule has 1 N–H and O–H groups in total. The van der Waals surface area contributed by atoms with Crippen LogP contribution in [0.5, 0.6) is 0 Å². The molecule has 1 aromatic heterocycles. The van der Waals surface area contributed by atoms with Gasteiger partial charge in [0.15, 0.2) is 0 Å². The second-order valence-corrected chi connectivity index (χ2v) is 5.99. The van der Waals surface area contributed by atoms with Gasteiger partial charge in [0.1, 0.15) is 5.82 Å². The molecule has 1 aliphatic heterocycles. The Kier molecular flexibility index (Phi) is 5.64. The molecule has 5 heteroatoms. The standard InChI is InChI=1S/C15H25ClN4/c1-4-17-9-12-8-14(16)15(18-10-12)20(3)11-13-6-5-7-19(13)2/h8,10,13,17H,4-7,9,11H2,1-3H3. The monoisotopic (exact) mass is 296 g/mol. The molecule has 0 amide bonds. The SMILES string of the molecule is CCNCc1cnc(N(C)CC2CCCN2C)c(Cl)c1. The van der Waals surface area contributed by atoms with Crippen LogP contribution >= 0.6 is 11.6 Å². The zero-order chi connectivity index (χ0) is 14.5. The molecule has 0 saturated carbocycles. The van der Waals surface area contributed by atoms with Crippen LogP contribution in [0.2, 0.25) is 5.02 Å². The first-order valence-electron chi connectivity index (χ1n) is 7.38. The Hall–Kier alpha value is -0.840. The molecule has 1 aliphatic rings. The topological polar surface area (TPSA) is 31.4 Å². The van der Waals surface area contributed by atoms with Crippen LogP contribution in [0, 0.1) is 0 Å². The summed E-state index contributed by atoms with van der Waals surface area (Å²) in [7, 11) is 4.27. The fourth-order valence-corrected chi connectivity index (χ4v) is 3.06. The van der Waals surface area contributed by atoms with Gasteiger partial charge in [-0.3, -0.25) is 0 Å². The summed E-state index contributed by atoms with van der Waals surface area (Å²) in [6.07, 6.45) is 4.47. The highest BCUT2D eigenvalue weighted by molar-refractivity contribution is 6.33. The molecule has 4 nitrogen and oxygen atoms in total. The van der Waals surface area contributed by atoms with Crippen LogP contribution in [-0.4, -0.2) is 49.7 Å². The molecular formula is C15H25ClN4. The highest BCUT2D eigenvalue weighted by Crippen LogP contribution is 2.25. The Bertz CT molecular complexity index is 438. The number of nitrogens with one attached hydrogen (secondary N) is 1. The molecule has 1 unspecified atom stereocenters. The lowest BCUT2D eigenvalue weighted by Gasteiger charge is -2.27. The average molecular weight is 297 g/mol. The predicted octanol–water partition coefficient (Wildman–Crippen LogP) is 2.37. The Morgan fingerprint density at radius 1 is 1.55 bits per heavy atom. The van der Waals surface area contributed by atoms with Crippen LogP contribution in [-0.2, 0) is 6.54 Å². The minimum absolute atomic E-state index is 0.610. The van der Waals surface area contributed by atoms with E-state index in [9.17, 15) is 0 Å². The molecule has 1 fully saturated rings. The number of aromatic nitrogens is 1. The van der Waals surface area contributed by atoms with Gasteiger partial charge in [-0.1, -0.05) is 18.5 Å². The molecule has 2 heterocycles. The summed E-state index contributed by atoms with van der Waals surface area (Å²) in [5.74, 6) is 0.882. The van der Waals surface area contributed by atoms with E-state index >= 15 is 0 Å². The third-order valence-corrected chi connectivity index (χ3v) is 4.25. The van der Waals surface area contributed by atoms with Crippen molar-refractivity contribution in [3.63, 3.8) is 0 Å². The van der Waals surface area contributed by atoms with Crippen molar-refractivity contribution in [3.8, 4) is 0 Å². The third-order valence-electron chi connectivity index (χ3n) is 3.98. The number of rotatable bonds is 6. The maximum Gasteiger partial charge on any atom is 0.147 e. The molecule has 1 atom stereocenters. The first kappa shape index (κ1) is 15.5. The fourth-order valence-electron chi connectivity index (χ4n) is 2.73. The van der Waals surface area contributed by atoms with Gasteiger partial charge in [0.25, 0.3) is 0 Å². The molecule has 0 aliphatic carbocycles. The van der Waals surface area contributed by atoms with Gasteiger partial charge < -0.3 is 15.1 Å². The Morgan fingerprint density at radius 3 is 2.95 bits per heavy atom. The minimum Gasteiger partial charge on any atom is -0.357 e. The molecule has 0 spiro atoms. The lowest BCUT2D eigenvalue weighted by molar-refractivity contribution is 0.314. The van der Waals surface area contributed by atoms with E-state index in [1.54, 1.807) is 0 Å². The summed E-state index contributed by atoms with van der Waals surface area (Å²) >= 11 is 6.38. The summed E-state index contributed by atoms with van der Waals surface area (Å²) in [4.78, 5) is 9.13. The fraction of sp³-hybridized carbons (Fsp3) is 0.667. The number of anilines is 1. The van der Waals surface area contributed by atoms with E-state index in [-0.39, 0.29) is 0 Å². The van der Waals surface area contributed by atoms with E-state index in [2.05, 4.69) is 41.1 Å². The summed E-state index contributed by atoms with van der Waals surface area (Å²) in [6.45, 7) is 6.04.